The summed E-state index contributed by atoms with van der Waals surface area (Å²) in [5.41, 5.74) is -0.486. The van der Waals surface area contributed by atoms with Gasteiger partial charge in [-0.15, -0.1) is 0 Å². The lowest BCUT2D eigenvalue weighted by Gasteiger charge is -2.35. The van der Waals surface area contributed by atoms with E-state index in [1.54, 1.807) is 12.1 Å². The molecule has 2 fully saturated rings. The fourth-order valence-corrected chi connectivity index (χ4v) is 3.52. The Morgan fingerprint density at radius 1 is 1.32 bits per heavy atom. The van der Waals surface area contributed by atoms with Crippen LogP contribution in [0, 0.1) is 5.82 Å². The Bertz CT molecular complexity index is 465. The predicted octanol–water partition coefficient (Wildman–Crippen LogP) is 3.00. The number of alkyl halides is 1. The zero-order valence-corrected chi connectivity index (χ0v) is 11.1. The molecule has 2 heterocycles. The quantitative estimate of drug-likeness (QED) is 0.909. The molecule has 0 aliphatic carbocycles. The topological polar surface area (TPSA) is 21.3 Å². The third kappa shape index (κ3) is 2.59. The molecule has 2 saturated heterocycles. The molecule has 1 N–H and O–H groups in total. The fourth-order valence-electron chi connectivity index (χ4n) is 3.52. The SMILES string of the molecule is COc1ccc(CC2(F)CC3CCC(C2)N3)cc1F. The number of halogens is 2. The Morgan fingerprint density at radius 2 is 2.00 bits per heavy atom. The van der Waals surface area contributed by atoms with E-state index in [4.69, 9.17) is 4.74 Å². The number of piperidine rings is 1. The van der Waals surface area contributed by atoms with Crippen molar-refractivity contribution in [1.82, 2.24) is 5.32 Å². The lowest BCUT2D eigenvalue weighted by molar-refractivity contribution is 0.0893. The summed E-state index contributed by atoms with van der Waals surface area (Å²) in [6, 6.07) is 5.32. The first-order chi connectivity index (χ1) is 9.08. The Kier molecular flexibility index (Phi) is 3.21. The molecule has 0 spiro atoms. The van der Waals surface area contributed by atoms with Gasteiger partial charge >= 0.3 is 0 Å². The van der Waals surface area contributed by atoms with E-state index in [1.165, 1.54) is 13.2 Å². The number of rotatable bonds is 3. The van der Waals surface area contributed by atoms with Crippen LogP contribution >= 0.6 is 0 Å². The van der Waals surface area contributed by atoms with Crippen LogP contribution in [-0.4, -0.2) is 24.9 Å². The van der Waals surface area contributed by atoms with Gasteiger partial charge in [-0.05, 0) is 43.4 Å². The average molecular weight is 267 g/mol. The summed E-state index contributed by atoms with van der Waals surface area (Å²) in [5, 5.41) is 3.43. The van der Waals surface area contributed by atoms with E-state index in [0.717, 1.165) is 12.8 Å². The maximum Gasteiger partial charge on any atom is 0.165 e. The molecule has 2 unspecified atom stereocenters. The number of hydrogen-bond acceptors (Lipinski definition) is 2. The largest absolute Gasteiger partial charge is 0.494 e. The Labute approximate surface area is 112 Å². The van der Waals surface area contributed by atoms with Crippen molar-refractivity contribution in [2.45, 2.75) is 49.9 Å². The molecular weight excluding hydrogens is 248 g/mol. The van der Waals surface area contributed by atoms with Crippen molar-refractivity contribution in [1.29, 1.82) is 0 Å². The number of methoxy groups -OCH3 is 1. The zero-order chi connectivity index (χ0) is 13.5. The molecule has 1 aromatic carbocycles. The summed E-state index contributed by atoms with van der Waals surface area (Å²) >= 11 is 0. The molecule has 3 rings (SSSR count). The summed E-state index contributed by atoms with van der Waals surface area (Å²) in [6.07, 6.45) is 3.50. The van der Waals surface area contributed by atoms with Gasteiger partial charge < -0.3 is 10.1 Å². The highest BCUT2D eigenvalue weighted by atomic mass is 19.1. The summed E-state index contributed by atoms with van der Waals surface area (Å²) in [7, 11) is 1.43. The van der Waals surface area contributed by atoms with Crippen molar-refractivity contribution in [3.63, 3.8) is 0 Å². The minimum Gasteiger partial charge on any atom is -0.494 e. The van der Waals surface area contributed by atoms with E-state index in [9.17, 15) is 8.78 Å². The van der Waals surface area contributed by atoms with Crippen molar-refractivity contribution in [2.24, 2.45) is 0 Å². The van der Waals surface area contributed by atoms with Gasteiger partial charge in [-0.2, -0.15) is 0 Å². The van der Waals surface area contributed by atoms with Crippen LogP contribution in [-0.2, 0) is 6.42 Å². The summed E-state index contributed by atoms with van der Waals surface area (Å²) in [5.74, 6) is -0.206. The second kappa shape index (κ2) is 4.75. The first kappa shape index (κ1) is 12.9. The normalized spacial score (nSPS) is 33.4. The van der Waals surface area contributed by atoms with Gasteiger partial charge in [-0.3, -0.25) is 0 Å². The van der Waals surface area contributed by atoms with Crippen LogP contribution in [0.1, 0.15) is 31.2 Å². The monoisotopic (exact) mass is 267 g/mol. The lowest BCUT2D eigenvalue weighted by Crippen LogP contribution is -2.47. The van der Waals surface area contributed by atoms with E-state index >= 15 is 0 Å². The van der Waals surface area contributed by atoms with Gasteiger partial charge in [-0.25, -0.2) is 8.78 Å². The molecule has 2 nitrogen and oxygen atoms in total. The van der Waals surface area contributed by atoms with Crippen molar-refractivity contribution >= 4 is 0 Å². The molecule has 0 saturated carbocycles. The molecule has 0 radical (unpaired) electrons. The van der Waals surface area contributed by atoms with E-state index in [0.29, 0.717) is 36.9 Å². The highest BCUT2D eigenvalue weighted by molar-refractivity contribution is 5.30. The van der Waals surface area contributed by atoms with Gasteiger partial charge in [0.05, 0.1) is 7.11 Å². The third-order valence-corrected chi connectivity index (χ3v) is 4.30. The Morgan fingerprint density at radius 3 is 2.58 bits per heavy atom. The smallest absolute Gasteiger partial charge is 0.165 e. The summed E-state index contributed by atoms with van der Waals surface area (Å²) < 4.78 is 33.4. The van der Waals surface area contributed by atoms with Crippen LogP contribution in [0.15, 0.2) is 18.2 Å². The van der Waals surface area contributed by atoms with Crippen molar-refractivity contribution in [3.05, 3.63) is 29.6 Å². The van der Waals surface area contributed by atoms with Crippen LogP contribution in [0.25, 0.3) is 0 Å². The first-order valence-corrected chi connectivity index (χ1v) is 6.85. The summed E-state index contributed by atoms with van der Waals surface area (Å²) in [4.78, 5) is 0. The molecule has 104 valence electrons. The van der Waals surface area contributed by atoms with Crippen molar-refractivity contribution in [3.8, 4) is 5.75 Å². The van der Waals surface area contributed by atoms with Crippen molar-refractivity contribution in [2.75, 3.05) is 7.11 Å². The Hall–Kier alpha value is -1.16. The molecule has 19 heavy (non-hydrogen) atoms. The first-order valence-electron chi connectivity index (χ1n) is 6.85. The molecule has 4 heteroatoms. The van der Waals surface area contributed by atoms with Gasteiger partial charge in [0, 0.05) is 18.5 Å². The van der Waals surface area contributed by atoms with Gasteiger partial charge in [0.1, 0.15) is 5.67 Å². The van der Waals surface area contributed by atoms with Crippen molar-refractivity contribution < 1.29 is 13.5 Å². The highest BCUT2D eigenvalue weighted by Crippen LogP contribution is 2.39. The maximum absolute atomic E-state index is 14.9. The third-order valence-electron chi connectivity index (χ3n) is 4.30. The molecule has 0 aromatic heterocycles. The molecule has 0 amide bonds. The molecule has 2 bridgehead atoms. The molecule has 2 aliphatic rings. The maximum atomic E-state index is 14.9. The van der Waals surface area contributed by atoms with E-state index in [2.05, 4.69) is 5.32 Å². The lowest BCUT2D eigenvalue weighted by atomic mass is 9.84. The highest BCUT2D eigenvalue weighted by Gasteiger charge is 2.43. The minimum atomic E-state index is -1.20. The van der Waals surface area contributed by atoms with Crippen LogP contribution in [0.3, 0.4) is 0 Å². The van der Waals surface area contributed by atoms with Crippen LogP contribution in [0.5, 0.6) is 5.75 Å². The number of hydrogen-bond donors (Lipinski definition) is 1. The fraction of sp³-hybridized carbons (Fsp3) is 0.600. The number of benzene rings is 1. The van der Waals surface area contributed by atoms with E-state index in [-0.39, 0.29) is 5.75 Å². The predicted molar refractivity (Wildman–Crippen MR) is 69.7 cm³/mol. The molecule has 2 aliphatic heterocycles. The van der Waals surface area contributed by atoms with Crippen LogP contribution < -0.4 is 10.1 Å². The number of ether oxygens (including phenoxy) is 1. The van der Waals surface area contributed by atoms with Crippen LogP contribution in [0.2, 0.25) is 0 Å². The molecular formula is C15H19F2NO. The minimum absolute atomic E-state index is 0.210. The van der Waals surface area contributed by atoms with Crippen LogP contribution in [0.4, 0.5) is 8.78 Å². The van der Waals surface area contributed by atoms with Gasteiger partial charge in [0.2, 0.25) is 0 Å². The zero-order valence-electron chi connectivity index (χ0n) is 11.1. The van der Waals surface area contributed by atoms with E-state index < -0.39 is 11.5 Å². The van der Waals surface area contributed by atoms with Gasteiger partial charge in [-0.1, -0.05) is 6.07 Å². The molecule has 1 aromatic rings. The summed E-state index contributed by atoms with van der Waals surface area (Å²) in [6.45, 7) is 0. The van der Waals surface area contributed by atoms with Gasteiger partial charge in [0.25, 0.3) is 0 Å². The number of nitrogens with one attached hydrogen (secondary N) is 1. The van der Waals surface area contributed by atoms with Gasteiger partial charge in [0.15, 0.2) is 11.6 Å². The Balaban J connectivity index is 1.75. The second-order valence-corrected chi connectivity index (χ2v) is 5.84. The number of fused-ring (bicyclic) bond motifs is 2. The molecule has 2 atom stereocenters. The second-order valence-electron chi connectivity index (χ2n) is 5.84. The van der Waals surface area contributed by atoms with E-state index in [1.807, 2.05) is 0 Å². The average Bonchev–Trinajstić information content (AvgIpc) is 2.69. The standard InChI is InChI=1S/C15H19F2NO/c1-19-14-5-2-10(6-13(14)16)7-15(17)8-11-3-4-12(9-15)18-11/h2,5-6,11-12,18H,3-4,7-9H2,1H3.